The first-order valence-electron chi connectivity index (χ1n) is 5.40. The van der Waals surface area contributed by atoms with Gasteiger partial charge in [-0.05, 0) is 37.9 Å². The normalized spacial score (nSPS) is 19.9. The van der Waals surface area contributed by atoms with Crippen LogP contribution in [0, 0.1) is 6.92 Å². The third-order valence-corrected chi connectivity index (χ3v) is 3.06. The predicted molar refractivity (Wildman–Crippen MR) is 59.8 cm³/mol. The van der Waals surface area contributed by atoms with Crippen molar-refractivity contribution in [2.75, 3.05) is 6.54 Å². The van der Waals surface area contributed by atoms with Gasteiger partial charge in [0.1, 0.15) is 5.75 Å². The fraction of sp³-hybridized carbons (Fsp3) is 0.417. The zero-order valence-electron chi connectivity index (χ0n) is 9.16. The van der Waals surface area contributed by atoms with Gasteiger partial charge in [-0.3, -0.25) is 0 Å². The molecule has 1 fully saturated rings. The molecule has 86 valence electrons. The highest BCUT2D eigenvalue weighted by Crippen LogP contribution is 2.35. The summed E-state index contributed by atoms with van der Waals surface area (Å²) in [5.41, 5.74) is 1.45. The Morgan fingerprint density at radius 3 is 2.81 bits per heavy atom. The maximum Gasteiger partial charge on any atom is 0.336 e. The summed E-state index contributed by atoms with van der Waals surface area (Å²) >= 11 is 0. The van der Waals surface area contributed by atoms with E-state index in [0.717, 1.165) is 19.4 Å². The number of nitrogens with one attached hydrogen (secondary N) is 1. The van der Waals surface area contributed by atoms with Crippen LogP contribution in [0.4, 0.5) is 0 Å². The second-order valence-electron chi connectivity index (χ2n) is 4.15. The zero-order chi connectivity index (χ0) is 11.7. The van der Waals surface area contributed by atoms with Gasteiger partial charge in [0, 0.05) is 11.6 Å². The summed E-state index contributed by atoms with van der Waals surface area (Å²) < 4.78 is 0. The fourth-order valence-electron chi connectivity index (χ4n) is 2.19. The molecule has 0 aromatic heterocycles. The van der Waals surface area contributed by atoms with Crippen molar-refractivity contribution in [3.05, 3.63) is 28.8 Å². The molecular formula is C12H15NO3. The molecule has 4 heteroatoms. The summed E-state index contributed by atoms with van der Waals surface area (Å²) in [7, 11) is 0. The highest BCUT2D eigenvalue weighted by atomic mass is 16.4. The van der Waals surface area contributed by atoms with Crippen LogP contribution in [0.3, 0.4) is 0 Å². The Balaban J connectivity index is 2.53. The molecule has 1 aromatic carbocycles. The number of benzene rings is 1. The first kappa shape index (κ1) is 11.0. The third-order valence-electron chi connectivity index (χ3n) is 3.06. The molecule has 16 heavy (non-hydrogen) atoms. The van der Waals surface area contributed by atoms with Crippen LogP contribution in [-0.2, 0) is 0 Å². The van der Waals surface area contributed by atoms with E-state index in [4.69, 9.17) is 5.11 Å². The van der Waals surface area contributed by atoms with E-state index < -0.39 is 5.97 Å². The molecule has 0 saturated carbocycles. The lowest BCUT2D eigenvalue weighted by Gasteiger charge is -2.16. The highest BCUT2D eigenvalue weighted by Gasteiger charge is 2.25. The van der Waals surface area contributed by atoms with Gasteiger partial charge in [-0.2, -0.15) is 0 Å². The monoisotopic (exact) mass is 221 g/mol. The van der Waals surface area contributed by atoms with Crippen molar-refractivity contribution in [2.24, 2.45) is 0 Å². The lowest BCUT2D eigenvalue weighted by Crippen LogP contribution is -2.17. The van der Waals surface area contributed by atoms with E-state index in [2.05, 4.69) is 5.32 Å². The van der Waals surface area contributed by atoms with Crippen LogP contribution in [0.5, 0.6) is 5.75 Å². The largest absolute Gasteiger partial charge is 0.507 e. The minimum atomic E-state index is -0.987. The smallest absolute Gasteiger partial charge is 0.336 e. The van der Waals surface area contributed by atoms with E-state index in [1.54, 1.807) is 19.1 Å². The number of aromatic hydroxyl groups is 1. The topological polar surface area (TPSA) is 69.6 Å². The van der Waals surface area contributed by atoms with Crippen LogP contribution in [0.1, 0.15) is 40.4 Å². The van der Waals surface area contributed by atoms with E-state index in [9.17, 15) is 9.90 Å². The van der Waals surface area contributed by atoms with Crippen molar-refractivity contribution in [3.63, 3.8) is 0 Å². The van der Waals surface area contributed by atoms with Crippen molar-refractivity contribution in [2.45, 2.75) is 25.8 Å². The van der Waals surface area contributed by atoms with E-state index in [1.165, 1.54) is 0 Å². The maximum absolute atomic E-state index is 11.1. The van der Waals surface area contributed by atoms with Gasteiger partial charge in [0.05, 0.1) is 5.56 Å². The van der Waals surface area contributed by atoms with Crippen LogP contribution < -0.4 is 5.32 Å². The molecule has 1 aliphatic heterocycles. The molecule has 1 atom stereocenters. The maximum atomic E-state index is 11.1. The molecule has 0 radical (unpaired) electrons. The minimum absolute atomic E-state index is 0.0361. The number of phenols is 1. The van der Waals surface area contributed by atoms with Crippen molar-refractivity contribution in [3.8, 4) is 5.75 Å². The number of aromatic carboxylic acids is 1. The Hall–Kier alpha value is -1.55. The molecule has 4 nitrogen and oxygen atoms in total. The van der Waals surface area contributed by atoms with Gasteiger partial charge < -0.3 is 15.5 Å². The number of phenolic OH excluding ortho intramolecular Hbond substituents is 1. The van der Waals surface area contributed by atoms with Gasteiger partial charge in [-0.15, -0.1) is 0 Å². The number of rotatable bonds is 2. The molecule has 1 saturated heterocycles. The molecule has 0 aliphatic carbocycles. The predicted octanol–water partition coefficient (Wildman–Crippen LogP) is 1.82. The van der Waals surface area contributed by atoms with Crippen LogP contribution in [-0.4, -0.2) is 22.7 Å². The lowest BCUT2D eigenvalue weighted by molar-refractivity contribution is 0.0694. The number of carboxylic acids is 1. The number of carbonyl (C=O) groups is 1. The van der Waals surface area contributed by atoms with Crippen LogP contribution in [0.2, 0.25) is 0 Å². The second-order valence-corrected chi connectivity index (χ2v) is 4.15. The molecule has 0 unspecified atom stereocenters. The van der Waals surface area contributed by atoms with E-state index in [1.807, 2.05) is 0 Å². The van der Waals surface area contributed by atoms with Gasteiger partial charge in [0.15, 0.2) is 0 Å². The first-order valence-corrected chi connectivity index (χ1v) is 5.40. The van der Waals surface area contributed by atoms with Gasteiger partial charge in [-0.25, -0.2) is 4.79 Å². The Labute approximate surface area is 93.9 Å². The summed E-state index contributed by atoms with van der Waals surface area (Å²) in [5.74, 6) is -0.877. The van der Waals surface area contributed by atoms with E-state index >= 15 is 0 Å². The molecule has 0 bridgehead atoms. The molecule has 0 spiro atoms. The zero-order valence-corrected chi connectivity index (χ0v) is 9.16. The average molecular weight is 221 g/mol. The fourth-order valence-corrected chi connectivity index (χ4v) is 2.19. The van der Waals surface area contributed by atoms with Crippen LogP contribution >= 0.6 is 0 Å². The van der Waals surface area contributed by atoms with Crippen molar-refractivity contribution >= 4 is 5.97 Å². The van der Waals surface area contributed by atoms with Gasteiger partial charge in [-0.1, -0.05) is 6.07 Å². The van der Waals surface area contributed by atoms with E-state index in [0.29, 0.717) is 11.1 Å². The Kier molecular flexibility index (Phi) is 2.83. The Morgan fingerprint density at radius 2 is 2.25 bits per heavy atom. The minimum Gasteiger partial charge on any atom is -0.507 e. The van der Waals surface area contributed by atoms with Crippen LogP contribution in [0.25, 0.3) is 0 Å². The molecule has 3 N–H and O–H groups in total. The Bertz CT molecular complexity index is 423. The molecule has 1 heterocycles. The second kappa shape index (κ2) is 4.14. The summed E-state index contributed by atoms with van der Waals surface area (Å²) in [6.45, 7) is 2.65. The van der Waals surface area contributed by atoms with Crippen molar-refractivity contribution in [1.29, 1.82) is 0 Å². The van der Waals surface area contributed by atoms with E-state index in [-0.39, 0.29) is 17.4 Å². The summed E-state index contributed by atoms with van der Waals surface area (Å²) in [4.78, 5) is 11.1. The summed E-state index contributed by atoms with van der Waals surface area (Å²) in [5, 5.41) is 22.3. The van der Waals surface area contributed by atoms with Crippen molar-refractivity contribution in [1.82, 2.24) is 5.32 Å². The molecule has 1 aromatic rings. The Morgan fingerprint density at radius 1 is 1.50 bits per heavy atom. The standard InChI is InChI=1S/C12H15NO3/c1-7-4-5-8(12(15)16)10(11(7)14)9-3-2-6-13-9/h4-5,9,13-14H,2-3,6H2,1H3,(H,15,16)/t9-/m1/s1. The molecule has 1 aliphatic rings. The SMILES string of the molecule is Cc1ccc(C(=O)O)c([C@H]2CCCN2)c1O. The number of aryl methyl sites for hydroxylation is 1. The quantitative estimate of drug-likeness (QED) is 0.712. The van der Waals surface area contributed by atoms with Crippen molar-refractivity contribution < 1.29 is 15.0 Å². The number of carboxylic acid groups (broad SMARTS) is 1. The van der Waals surface area contributed by atoms with Gasteiger partial charge >= 0.3 is 5.97 Å². The van der Waals surface area contributed by atoms with Gasteiger partial charge in [0.25, 0.3) is 0 Å². The highest BCUT2D eigenvalue weighted by molar-refractivity contribution is 5.90. The van der Waals surface area contributed by atoms with Gasteiger partial charge in [0.2, 0.25) is 0 Å². The third kappa shape index (κ3) is 1.76. The average Bonchev–Trinajstić information content (AvgIpc) is 2.74. The first-order chi connectivity index (χ1) is 7.61. The number of hydrogen-bond acceptors (Lipinski definition) is 3. The number of hydrogen-bond donors (Lipinski definition) is 3. The molecule has 2 rings (SSSR count). The summed E-state index contributed by atoms with van der Waals surface area (Å²) in [6.07, 6.45) is 1.88. The summed E-state index contributed by atoms with van der Waals surface area (Å²) in [6, 6.07) is 3.16. The lowest BCUT2D eigenvalue weighted by atomic mass is 9.95. The van der Waals surface area contributed by atoms with Crippen LogP contribution in [0.15, 0.2) is 12.1 Å². The molecular weight excluding hydrogens is 206 g/mol. The molecule has 0 amide bonds.